The zero-order chi connectivity index (χ0) is 16.3. The molecule has 0 amide bonds. The quantitative estimate of drug-likeness (QED) is 0.132. The minimum atomic E-state index is -0.295. The molecule has 0 aliphatic heterocycles. The second-order valence-electron chi connectivity index (χ2n) is 5.36. The molecule has 2 heteroatoms. The van der Waals surface area contributed by atoms with Crippen molar-refractivity contribution in [3.63, 3.8) is 0 Å². The molecule has 0 aliphatic carbocycles. The molecule has 0 spiro atoms. The van der Waals surface area contributed by atoms with Crippen molar-refractivity contribution in [2.75, 3.05) is 0 Å². The fourth-order valence-corrected chi connectivity index (χ4v) is 1.92. The Kier molecular flexibility index (Phi) is 16.2. The molecule has 0 N–H and O–H groups in total. The van der Waals surface area contributed by atoms with Gasteiger partial charge in [0.15, 0.2) is 0 Å². The highest BCUT2D eigenvalue weighted by molar-refractivity contribution is 5.66. The number of esters is 1. The molecule has 0 atom stereocenters. The van der Waals surface area contributed by atoms with Crippen molar-refractivity contribution < 1.29 is 9.53 Å². The molecule has 0 aromatic rings. The van der Waals surface area contributed by atoms with E-state index in [4.69, 9.17) is 0 Å². The second kappa shape index (κ2) is 17.5. The first-order valence-corrected chi connectivity index (χ1v) is 8.58. The van der Waals surface area contributed by atoms with Crippen molar-refractivity contribution in [3.05, 3.63) is 48.8 Å². The maximum absolute atomic E-state index is 10.5. The summed E-state index contributed by atoms with van der Waals surface area (Å²) in [6, 6.07) is 0. The lowest BCUT2D eigenvalue weighted by atomic mass is 10.1. The first-order valence-electron chi connectivity index (χ1n) is 8.58. The topological polar surface area (TPSA) is 26.3 Å². The van der Waals surface area contributed by atoms with Gasteiger partial charge < -0.3 is 4.74 Å². The maximum atomic E-state index is 10.5. The predicted molar refractivity (Wildman–Crippen MR) is 95.6 cm³/mol. The van der Waals surface area contributed by atoms with Gasteiger partial charge in [-0.1, -0.05) is 69.1 Å². The lowest BCUT2D eigenvalue weighted by molar-refractivity contribution is -0.135. The van der Waals surface area contributed by atoms with E-state index < -0.39 is 0 Å². The third-order valence-electron chi connectivity index (χ3n) is 3.16. The molecule has 0 rings (SSSR count). The van der Waals surface area contributed by atoms with E-state index in [-0.39, 0.29) is 5.97 Å². The van der Waals surface area contributed by atoms with Crippen LogP contribution in [-0.2, 0) is 9.53 Å². The molecule has 0 unspecified atom stereocenters. The van der Waals surface area contributed by atoms with Gasteiger partial charge in [-0.2, -0.15) is 0 Å². The van der Waals surface area contributed by atoms with Gasteiger partial charge in [0.05, 0.1) is 6.26 Å². The highest BCUT2D eigenvalue weighted by Crippen LogP contribution is 2.07. The summed E-state index contributed by atoms with van der Waals surface area (Å²) < 4.78 is 4.66. The van der Waals surface area contributed by atoms with Crippen LogP contribution in [-0.4, -0.2) is 5.97 Å². The minimum Gasteiger partial charge on any atom is -0.435 e. The van der Waals surface area contributed by atoms with E-state index in [2.05, 4.69) is 29.9 Å². The fourth-order valence-electron chi connectivity index (χ4n) is 1.92. The molecule has 0 radical (unpaired) electrons. The largest absolute Gasteiger partial charge is 0.435 e. The Morgan fingerprint density at radius 3 is 2.00 bits per heavy atom. The summed E-state index contributed by atoms with van der Waals surface area (Å²) in [5.41, 5.74) is 0. The Hall–Kier alpha value is -1.57. The number of hydrogen-bond acceptors (Lipinski definition) is 2. The van der Waals surface area contributed by atoms with Crippen molar-refractivity contribution in [1.29, 1.82) is 0 Å². The Balaban J connectivity index is 3.33. The first kappa shape index (κ1) is 20.4. The van der Waals surface area contributed by atoms with Crippen molar-refractivity contribution in [2.45, 2.75) is 71.6 Å². The van der Waals surface area contributed by atoms with Gasteiger partial charge in [-0.25, -0.2) is 0 Å². The van der Waals surface area contributed by atoms with Gasteiger partial charge in [-0.3, -0.25) is 4.79 Å². The molecule has 0 saturated carbocycles. The Bertz CT molecular complexity index is 362. The number of ether oxygens (including phenoxy) is 1. The van der Waals surface area contributed by atoms with E-state index in [1.165, 1.54) is 64.6 Å². The molecule has 124 valence electrons. The van der Waals surface area contributed by atoms with E-state index in [9.17, 15) is 4.79 Å². The van der Waals surface area contributed by atoms with Crippen molar-refractivity contribution in [2.24, 2.45) is 0 Å². The number of allylic oxidation sites excluding steroid dienone is 7. The fraction of sp³-hybridized carbons (Fsp3) is 0.550. The molecule has 0 aromatic carbocycles. The maximum Gasteiger partial charge on any atom is 0.307 e. The van der Waals surface area contributed by atoms with E-state index >= 15 is 0 Å². The summed E-state index contributed by atoms with van der Waals surface area (Å²) >= 11 is 0. The molecule has 0 aromatic heterocycles. The van der Waals surface area contributed by atoms with Gasteiger partial charge in [-0.15, -0.1) is 0 Å². The molecular formula is C20H32O2. The summed E-state index contributed by atoms with van der Waals surface area (Å²) in [6.07, 6.45) is 27.2. The van der Waals surface area contributed by atoms with Gasteiger partial charge in [0.1, 0.15) is 0 Å². The normalized spacial score (nSPS) is 12.3. The van der Waals surface area contributed by atoms with Crippen LogP contribution in [0.15, 0.2) is 48.8 Å². The minimum absolute atomic E-state index is 0.295. The summed E-state index contributed by atoms with van der Waals surface area (Å²) in [7, 11) is 0. The van der Waals surface area contributed by atoms with E-state index in [0.717, 1.165) is 6.42 Å². The zero-order valence-electron chi connectivity index (χ0n) is 14.3. The third-order valence-corrected chi connectivity index (χ3v) is 3.16. The average molecular weight is 304 g/mol. The standard InChI is InChI=1S/C20H32O2/c1-3-4-5-6-7-8-9-10-11-12-13-14-15-16-17-18-19-22-20(2)21/h6-7,14-19H,3-5,8-13H2,1-2H3. The van der Waals surface area contributed by atoms with Crippen LogP contribution in [0.4, 0.5) is 0 Å². The van der Waals surface area contributed by atoms with Gasteiger partial charge in [0.2, 0.25) is 0 Å². The van der Waals surface area contributed by atoms with Crippen LogP contribution < -0.4 is 0 Å². The van der Waals surface area contributed by atoms with Crippen molar-refractivity contribution >= 4 is 5.97 Å². The number of rotatable bonds is 13. The lowest BCUT2D eigenvalue weighted by Gasteiger charge is -1.96. The van der Waals surface area contributed by atoms with Crippen LogP contribution >= 0.6 is 0 Å². The molecule has 0 bridgehead atoms. The summed E-state index contributed by atoms with van der Waals surface area (Å²) in [5, 5.41) is 0. The SMILES string of the molecule is CCCCC=CCCCCCCC=CC=CC=COC(C)=O. The second-order valence-corrected chi connectivity index (χ2v) is 5.36. The van der Waals surface area contributed by atoms with Crippen LogP contribution in [0.5, 0.6) is 0 Å². The summed E-state index contributed by atoms with van der Waals surface area (Å²) in [4.78, 5) is 10.5. The van der Waals surface area contributed by atoms with E-state index in [1.54, 1.807) is 6.08 Å². The van der Waals surface area contributed by atoms with Crippen LogP contribution in [0.2, 0.25) is 0 Å². The Labute approximate surface area is 136 Å². The van der Waals surface area contributed by atoms with Gasteiger partial charge in [0, 0.05) is 6.92 Å². The predicted octanol–water partition coefficient (Wildman–Crippen LogP) is 6.26. The van der Waals surface area contributed by atoms with E-state index in [1.807, 2.05) is 18.2 Å². The van der Waals surface area contributed by atoms with Gasteiger partial charge >= 0.3 is 5.97 Å². The van der Waals surface area contributed by atoms with E-state index in [0.29, 0.717) is 0 Å². The van der Waals surface area contributed by atoms with Gasteiger partial charge in [-0.05, 0) is 38.2 Å². The lowest BCUT2D eigenvalue weighted by Crippen LogP contribution is -1.88. The van der Waals surface area contributed by atoms with Crippen LogP contribution in [0.3, 0.4) is 0 Å². The number of hydrogen-bond donors (Lipinski definition) is 0. The van der Waals surface area contributed by atoms with Crippen LogP contribution in [0, 0.1) is 0 Å². The molecule has 22 heavy (non-hydrogen) atoms. The number of carbonyl (C=O) groups is 1. The monoisotopic (exact) mass is 304 g/mol. The average Bonchev–Trinajstić information content (AvgIpc) is 2.50. The molecule has 0 fully saturated rings. The van der Waals surface area contributed by atoms with Gasteiger partial charge in [0.25, 0.3) is 0 Å². The summed E-state index contributed by atoms with van der Waals surface area (Å²) in [6.45, 7) is 3.62. The molecule has 0 heterocycles. The van der Waals surface area contributed by atoms with Crippen molar-refractivity contribution in [1.82, 2.24) is 0 Å². The highest BCUT2D eigenvalue weighted by atomic mass is 16.5. The zero-order valence-corrected chi connectivity index (χ0v) is 14.3. The van der Waals surface area contributed by atoms with Crippen molar-refractivity contribution in [3.8, 4) is 0 Å². The van der Waals surface area contributed by atoms with Crippen LogP contribution in [0.1, 0.15) is 71.6 Å². The molecule has 0 saturated heterocycles. The highest BCUT2D eigenvalue weighted by Gasteiger charge is 1.87. The summed E-state index contributed by atoms with van der Waals surface area (Å²) in [5.74, 6) is -0.295. The molecule has 0 aliphatic rings. The first-order chi connectivity index (χ1) is 10.8. The number of carbonyl (C=O) groups excluding carboxylic acids is 1. The Morgan fingerprint density at radius 1 is 0.773 bits per heavy atom. The smallest absolute Gasteiger partial charge is 0.307 e. The number of unbranched alkanes of at least 4 members (excludes halogenated alkanes) is 7. The third kappa shape index (κ3) is 18.4. The molecule has 2 nitrogen and oxygen atoms in total. The molecular weight excluding hydrogens is 272 g/mol. The van der Waals surface area contributed by atoms with Crippen LogP contribution in [0.25, 0.3) is 0 Å². The Morgan fingerprint density at radius 2 is 1.36 bits per heavy atom.